The summed E-state index contributed by atoms with van der Waals surface area (Å²) < 4.78 is 27.6. The Morgan fingerprint density at radius 3 is 2.08 bits per heavy atom. The fraction of sp³-hybridized carbons (Fsp3) is 0. The number of hydrogen-bond acceptors (Lipinski definition) is 5. The van der Waals surface area contributed by atoms with Gasteiger partial charge in [0.25, 0.3) is 10.0 Å². The maximum atomic E-state index is 12.7. The first-order valence-electron chi connectivity index (χ1n) is 7.66. The van der Waals surface area contributed by atoms with Crippen molar-refractivity contribution in [3.63, 3.8) is 0 Å². The zero-order valence-corrected chi connectivity index (χ0v) is 14.3. The van der Waals surface area contributed by atoms with Gasteiger partial charge in [0.2, 0.25) is 0 Å². The molecule has 0 aliphatic rings. The molecule has 0 amide bonds. The second-order valence-corrected chi connectivity index (χ2v) is 7.11. The third-order valence-corrected chi connectivity index (χ3v) is 5.09. The van der Waals surface area contributed by atoms with Crippen molar-refractivity contribution < 1.29 is 13.2 Å². The molecule has 0 aliphatic heterocycles. The van der Waals surface area contributed by atoms with Crippen LogP contribution < -0.4 is 4.72 Å². The van der Waals surface area contributed by atoms with Gasteiger partial charge in [0.15, 0.2) is 5.78 Å². The topological polar surface area (TPSA) is 92.7 Å². The van der Waals surface area contributed by atoms with Crippen LogP contribution in [0.5, 0.6) is 0 Å². The molecule has 6 nitrogen and oxygen atoms in total. The zero-order chi connectivity index (χ0) is 18.6. The van der Waals surface area contributed by atoms with E-state index in [1.54, 1.807) is 48.5 Å². The molecule has 7 heteroatoms. The number of rotatable bonds is 6. The first-order valence-corrected chi connectivity index (χ1v) is 9.14. The molecule has 3 aromatic carbocycles. The van der Waals surface area contributed by atoms with Gasteiger partial charge in [-0.15, -0.1) is 4.91 Å². The smallest absolute Gasteiger partial charge is 0.261 e. The van der Waals surface area contributed by atoms with Crippen LogP contribution >= 0.6 is 0 Å². The molecule has 3 aromatic rings. The molecule has 0 bridgehead atoms. The Labute approximate surface area is 150 Å². The van der Waals surface area contributed by atoms with Gasteiger partial charge in [0.1, 0.15) is 5.69 Å². The fourth-order valence-corrected chi connectivity index (χ4v) is 3.48. The van der Waals surface area contributed by atoms with Crippen LogP contribution in [0, 0.1) is 4.91 Å². The van der Waals surface area contributed by atoms with Crippen LogP contribution in [-0.4, -0.2) is 14.2 Å². The Kier molecular flexibility index (Phi) is 4.90. The van der Waals surface area contributed by atoms with Gasteiger partial charge in [0.05, 0.1) is 10.6 Å². The van der Waals surface area contributed by atoms with Gasteiger partial charge >= 0.3 is 0 Å². The van der Waals surface area contributed by atoms with Gasteiger partial charge in [-0.2, -0.15) is 0 Å². The minimum atomic E-state index is -3.92. The highest BCUT2D eigenvalue weighted by Gasteiger charge is 2.19. The van der Waals surface area contributed by atoms with Crippen LogP contribution in [0.25, 0.3) is 0 Å². The van der Waals surface area contributed by atoms with Gasteiger partial charge in [-0.3, -0.25) is 9.52 Å². The van der Waals surface area contributed by atoms with Gasteiger partial charge in [0, 0.05) is 11.1 Å². The van der Waals surface area contributed by atoms with Gasteiger partial charge in [-0.1, -0.05) is 42.5 Å². The van der Waals surface area contributed by atoms with Crippen molar-refractivity contribution in [2.75, 3.05) is 4.72 Å². The number of benzene rings is 3. The Morgan fingerprint density at radius 1 is 0.808 bits per heavy atom. The number of nitroso groups, excluding NO2 is 1. The number of hydrogen-bond donors (Lipinski definition) is 1. The molecular weight excluding hydrogens is 352 g/mol. The van der Waals surface area contributed by atoms with Crippen LogP contribution in [0.15, 0.2) is 88.9 Å². The van der Waals surface area contributed by atoms with Crippen LogP contribution in [0.2, 0.25) is 0 Å². The highest BCUT2D eigenvalue weighted by Crippen LogP contribution is 2.24. The third kappa shape index (κ3) is 3.68. The molecule has 26 heavy (non-hydrogen) atoms. The average molecular weight is 366 g/mol. The number of anilines is 1. The predicted octanol–water partition coefficient (Wildman–Crippen LogP) is 4.12. The molecule has 0 saturated heterocycles. The van der Waals surface area contributed by atoms with Crippen molar-refractivity contribution in [2.24, 2.45) is 5.18 Å². The molecule has 0 unspecified atom stereocenters. The average Bonchev–Trinajstić information content (AvgIpc) is 2.68. The van der Waals surface area contributed by atoms with Crippen molar-refractivity contribution in [2.45, 2.75) is 4.90 Å². The van der Waals surface area contributed by atoms with Gasteiger partial charge in [-0.25, -0.2) is 8.42 Å². The number of carbonyl (C=O) groups is 1. The number of ketones is 1. The number of carbonyl (C=O) groups excluding carboxylic acids is 1. The number of sulfonamides is 1. The standard InChI is InChI=1S/C19H14N2O4S/c22-19(14-6-2-1-3-7-14)17-8-4-5-9-18(17)21-26(24,25)16-12-10-15(20-23)11-13-16/h1-13,21H. The molecule has 0 aromatic heterocycles. The summed E-state index contributed by atoms with van der Waals surface area (Å²) >= 11 is 0. The van der Waals surface area contributed by atoms with Crippen molar-refractivity contribution in [3.05, 3.63) is 94.9 Å². The van der Waals surface area contributed by atoms with E-state index in [1.165, 1.54) is 30.3 Å². The summed E-state index contributed by atoms with van der Waals surface area (Å²) in [7, 11) is -3.92. The minimum Gasteiger partial charge on any atom is -0.289 e. The largest absolute Gasteiger partial charge is 0.289 e. The fourth-order valence-electron chi connectivity index (χ4n) is 2.40. The van der Waals surface area contributed by atoms with E-state index >= 15 is 0 Å². The molecule has 0 heterocycles. The summed E-state index contributed by atoms with van der Waals surface area (Å²) in [5.74, 6) is -0.288. The quantitative estimate of drug-likeness (QED) is 0.525. The highest BCUT2D eigenvalue weighted by atomic mass is 32.2. The summed E-state index contributed by atoms with van der Waals surface area (Å²) in [5, 5.41) is 2.74. The Morgan fingerprint density at radius 2 is 1.42 bits per heavy atom. The van der Waals surface area contributed by atoms with Crippen molar-refractivity contribution in [1.29, 1.82) is 0 Å². The summed E-state index contributed by atoms with van der Waals surface area (Å²) in [4.78, 5) is 23.1. The van der Waals surface area contributed by atoms with Gasteiger partial charge in [-0.05, 0) is 41.6 Å². The lowest BCUT2D eigenvalue weighted by atomic mass is 10.0. The molecule has 0 atom stereocenters. The predicted molar refractivity (Wildman–Crippen MR) is 99.0 cm³/mol. The SMILES string of the molecule is O=Nc1ccc(S(=O)(=O)Nc2ccccc2C(=O)c2ccccc2)cc1. The van der Waals surface area contributed by atoms with E-state index in [0.29, 0.717) is 5.56 Å². The lowest BCUT2D eigenvalue weighted by Crippen LogP contribution is -2.15. The molecule has 0 spiro atoms. The van der Waals surface area contributed by atoms with Crippen LogP contribution in [0.1, 0.15) is 15.9 Å². The molecular formula is C19H14N2O4S. The summed E-state index contributed by atoms with van der Waals surface area (Å²) in [6, 6.07) is 20.2. The summed E-state index contributed by atoms with van der Waals surface area (Å²) in [6.07, 6.45) is 0. The van der Waals surface area contributed by atoms with Crippen molar-refractivity contribution >= 4 is 27.2 Å². The van der Waals surface area contributed by atoms with Gasteiger partial charge < -0.3 is 0 Å². The van der Waals surface area contributed by atoms with Crippen molar-refractivity contribution in [1.82, 2.24) is 0 Å². The molecule has 0 aliphatic carbocycles. The first-order chi connectivity index (χ1) is 12.5. The monoisotopic (exact) mass is 366 g/mol. The Balaban J connectivity index is 1.95. The molecule has 1 N–H and O–H groups in total. The second kappa shape index (κ2) is 7.28. The van der Waals surface area contributed by atoms with E-state index < -0.39 is 10.0 Å². The maximum absolute atomic E-state index is 12.7. The van der Waals surface area contributed by atoms with Crippen LogP contribution in [0.3, 0.4) is 0 Å². The molecule has 3 rings (SSSR count). The van der Waals surface area contributed by atoms with E-state index in [4.69, 9.17) is 0 Å². The molecule has 0 fully saturated rings. The first kappa shape index (κ1) is 17.5. The van der Waals surface area contributed by atoms with E-state index in [-0.39, 0.29) is 27.6 Å². The Hall–Kier alpha value is -3.32. The number of para-hydroxylation sites is 1. The molecule has 130 valence electrons. The highest BCUT2D eigenvalue weighted by molar-refractivity contribution is 7.92. The van der Waals surface area contributed by atoms with E-state index in [9.17, 15) is 18.1 Å². The number of nitrogens with zero attached hydrogens (tertiary/aromatic N) is 1. The third-order valence-electron chi connectivity index (χ3n) is 3.70. The summed E-state index contributed by atoms with van der Waals surface area (Å²) in [6.45, 7) is 0. The van der Waals surface area contributed by atoms with Crippen LogP contribution in [-0.2, 0) is 10.0 Å². The second-order valence-electron chi connectivity index (χ2n) is 5.43. The lowest BCUT2D eigenvalue weighted by Gasteiger charge is -2.12. The van der Waals surface area contributed by atoms with E-state index in [0.717, 1.165) is 0 Å². The lowest BCUT2D eigenvalue weighted by molar-refractivity contribution is 0.103. The normalized spacial score (nSPS) is 10.9. The molecule has 0 saturated carbocycles. The molecule has 0 radical (unpaired) electrons. The minimum absolute atomic E-state index is 0.0353. The number of nitrogens with one attached hydrogen (secondary N) is 1. The van der Waals surface area contributed by atoms with E-state index in [2.05, 4.69) is 9.90 Å². The maximum Gasteiger partial charge on any atom is 0.261 e. The summed E-state index contributed by atoms with van der Waals surface area (Å²) in [5.41, 5.74) is 1.01. The zero-order valence-electron chi connectivity index (χ0n) is 13.5. The van der Waals surface area contributed by atoms with Crippen molar-refractivity contribution in [3.8, 4) is 0 Å². The Bertz CT molecular complexity index is 1050. The van der Waals surface area contributed by atoms with E-state index in [1.807, 2.05) is 0 Å². The van der Waals surface area contributed by atoms with Crippen LogP contribution in [0.4, 0.5) is 11.4 Å².